The Morgan fingerprint density at radius 2 is 1.82 bits per heavy atom. The van der Waals surface area contributed by atoms with Gasteiger partial charge in [0.05, 0.1) is 18.1 Å². The van der Waals surface area contributed by atoms with Gasteiger partial charge in [-0.1, -0.05) is 17.7 Å². The molecule has 2 aliphatic rings. The molecule has 3 aromatic rings. The van der Waals surface area contributed by atoms with Gasteiger partial charge >= 0.3 is 6.03 Å². The quantitative estimate of drug-likeness (QED) is 0.438. The van der Waals surface area contributed by atoms with Crippen molar-refractivity contribution in [1.82, 2.24) is 30.3 Å². The topological polar surface area (TPSA) is 104 Å². The van der Waals surface area contributed by atoms with E-state index in [4.69, 9.17) is 0 Å². The van der Waals surface area contributed by atoms with Crippen LogP contribution >= 0.6 is 0 Å². The molecule has 0 atom stereocenters. The van der Waals surface area contributed by atoms with E-state index in [1.54, 1.807) is 0 Å². The number of aryl methyl sites for hydroxylation is 2. The molecule has 5 rings (SSSR count). The average molecular weight is 518 g/mol. The Bertz CT molecular complexity index is 1290. The molecule has 2 fully saturated rings. The maximum absolute atomic E-state index is 12.7. The molecule has 9 nitrogen and oxygen atoms in total. The lowest BCUT2D eigenvalue weighted by atomic mass is 9.81. The number of carbonyl (C=O) groups is 2. The van der Waals surface area contributed by atoms with Gasteiger partial charge in [-0.3, -0.25) is 14.7 Å². The smallest absolute Gasteiger partial charge is 0.342 e. The third kappa shape index (κ3) is 5.83. The second-order valence-corrected chi connectivity index (χ2v) is 11.2. The van der Waals surface area contributed by atoms with E-state index in [-0.39, 0.29) is 30.6 Å². The zero-order valence-corrected chi connectivity index (χ0v) is 22.8. The summed E-state index contributed by atoms with van der Waals surface area (Å²) < 4.78 is 1.36. The highest BCUT2D eigenvalue weighted by atomic mass is 16.2. The van der Waals surface area contributed by atoms with Gasteiger partial charge in [-0.2, -0.15) is 4.68 Å². The minimum atomic E-state index is -0.287. The molecule has 1 aliphatic heterocycles. The third-order valence-electron chi connectivity index (χ3n) is 7.75. The third-order valence-corrected chi connectivity index (χ3v) is 7.75. The van der Waals surface area contributed by atoms with E-state index in [2.05, 4.69) is 43.1 Å². The van der Waals surface area contributed by atoms with Crippen LogP contribution in [0.4, 0.5) is 10.6 Å². The van der Waals surface area contributed by atoms with E-state index in [1.807, 2.05) is 52.1 Å². The molecule has 1 aromatic carbocycles. The monoisotopic (exact) mass is 517 g/mol. The Morgan fingerprint density at radius 3 is 2.50 bits per heavy atom. The van der Waals surface area contributed by atoms with Gasteiger partial charge in [-0.05, 0) is 83.1 Å². The molecule has 0 radical (unpaired) electrons. The van der Waals surface area contributed by atoms with Crippen molar-refractivity contribution in [1.29, 1.82) is 0 Å². The number of likely N-dealkylation sites (tertiary alicyclic amines) is 1. The van der Waals surface area contributed by atoms with Gasteiger partial charge in [0.1, 0.15) is 0 Å². The summed E-state index contributed by atoms with van der Waals surface area (Å²) in [7, 11) is 0. The van der Waals surface area contributed by atoms with Crippen LogP contribution in [-0.2, 0) is 4.79 Å². The summed E-state index contributed by atoms with van der Waals surface area (Å²) in [5.74, 6) is 1.09. The highest BCUT2D eigenvalue weighted by molar-refractivity contribution is 5.98. The first kappa shape index (κ1) is 26.2. The number of anilines is 1. The van der Waals surface area contributed by atoms with E-state index < -0.39 is 0 Å². The summed E-state index contributed by atoms with van der Waals surface area (Å²) in [5, 5.41) is 14.5. The SMILES string of the molecule is Cc1ccc2c(c1)c(NCC(=O)NC1CN([C@H]3CC[C@@H](c4ccc(C)nc4)CC3)C1)nn2C(=O)NC(C)C. The number of nitrogens with one attached hydrogen (secondary N) is 3. The molecule has 0 unspecified atom stereocenters. The van der Waals surface area contributed by atoms with Gasteiger partial charge in [-0.15, -0.1) is 5.10 Å². The first-order valence-corrected chi connectivity index (χ1v) is 13.8. The number of pyridine rings is 1. The van der Waals surface area contributed by atoms with E-state index in [0.717, 1.165) is 29.7 Å². The summed E-state index contributed by atoms with van der Waals surface area (Å²) in [4.78, 5) is 32.3. The molecule has 3 N–H and O–H groups in total. The second kappa shape index (κ2) is 11.1. The lowest BCUT2D eigenvalue weighted by molar-refractivity contribution is -0.121. The predicted octanol–water partition coefficient (Wildman–Crippen LogP) is 3.95. The fourth-order valence-electron chi connectivity index (χ4n) is 5.67. The van der Waals surface area contributed by atoms with Crippen LogP contribution in [0.3, 0.4) is 0 Å². The lowest BCUT2D eigenvalue weighted by Crippen LogP contribution is -2.63. The zero-order valence-electron chi connectivity index (χ0n) is 22.8. The largest absolute Gasteiger partial charge is 0.359 e. The maximum Gasteiger partial charge on any atom is 0.342 e. The van der Waals surface area contributed by atoms with Crippen LogP contribution in [0.2, 0.25) is 0 Å². The lowest BCUT2D eigenvalue weighted by Gasteiger charge is -2.46. The number of carbonyl (C=O) groups excluding carboxylic acids is 2. The van der Waals surface area contributed by atoms with Crippen molar-refractivity contribution < 1.29 is 9.59 Å². The molecule has 3 heterocycles. The standard InChI is InChI=1S/C29H39N7O2/c1-18(2)32-29(38)36-26-12-5-19(3)13-25(26)28(34-36)31-15-27(37)33-23-16-35(17-23)24-10-8-21(9-11-24)22-7-6-20(4)30-14-22/h5-7,12-14,18,21,23-24H,8-11,15-17H2,1-4H3,(H,31,34)(H,32,38)(H,33,37)/t21-,24+. The van der Waals surface area contributed by atoms with Crippen LogP contribution in [0, 0.1) is 13.8 Å². The van der Waals surface area contributed by atoms with Crippen LogP contribution in [-0.4, -0.2) is 69.4 Å². The Labute approximate surface area is 224 Å². The van der Waals surface area contributed by atoms with Gasteiger partial charge in [-0.25, -0.2) is 4.79 Å². The van der Waals surface area contributed by atoms with Crippen LogP contribution in [0.25, 0.3) is 10.9 Å². The van der Waals surface area contributed by atoms with Crippen molar-refractivity contribution >= 4 is 28.7 Å². The van der Waals surface area contributed by atoms with E-state index in [0.29, 0.717) is 23.3 Å². The number of rotatable bonds is 7. The van der Waals surface area contributed by atoms with Crippen LogP contribution in [0.15, 0.2) is 36.5 Å². The summed E-state index contributed by atoms with van der Waals surface area (Å²) >= 11 is 0. The summed E-state index contributed by atoms with van der Waals surface area (Å²) in [6.45, 7) is 9.76. The van der Waals surface area contributed by atoms with Crippen molar-refractivity contribution in [2.45, 2.75) is 77.4 Å². The van der Waals surface area contributed by atoms with Gasteiger partial charge < -0.3 is 16.0 Å². The number of amides is 2. The van der Waals surface area contributed by atoms with E-state index in [9.17, 15) is 9.59 Å². The Balaban J connectivity index is 1.09. The molecule has 1 saturated heterocycles. The molecule has 38 heavy (non-hydrogen) atoms. The van der Waals surface area contributed by atoms with Crippen LogP contribution in [0.1, 0.15) is 62.3 Å². The molecule has 1 aliphatic carbocycles. The molecule has 0 spiro atoms. The van der Waals surface area contributed by atoms with Gasteiger partial charge in [0.25, 0.3) is 0 Å². The molecule has 9 heteroatoms. The summed E-state index contributed by atoms with van der Waals surface area (Å²) in [5.41, 5.74) is 4.20. The average Bonchev–Trinajstić information content (AvgIpc) is 3.23. The molecule has 2 amide bonds. The number of fused-ring (bicyclic) bond motifs is 1. The van der Waals surface area contributed by atoms with Crippen molar-refractivity contribution in [2.24, 2.45) is 0 Å². The predicted molar refractivity (Wildman–Crippen MR) is 150 cm³/mol. The fraction of sp³-hybridized carbons (Fsp3) is 0.517. The number of hydrogen-bond donors (Lipinski definition) is 3. The normalized spacial score (nSPS) is 20.3. The van der Waals surface area contributed by atoms with Gasteiger partial charge in [0.2, 0.25) is 5.91 Å². The minimum Gasteiger partial charge on any atom is -0.359 e. The van der Waals surface area contributed by atoms with Crippen molar-refractivity contribution in [3.8, 4) is 0 Å². The number of hydrogen-bond acceptors (Lipinski definition) is 6. The fourth-order valence-corrected chi connectivity index (χ4v) is 5.67. The van der Waals surface area contributed by atoms with E-state index in [1.165, 1.54) is 35.9 Å². The summed E-state index contributed by atoms with van der Waals surface area (Å²) in [6.07, 6.45) is 6.82. The number of benzene rings is 1. The van der Waals surface area contributed by atoms with E-state index >= 15 is 0 Å². The Hall–Kier alpha value is -3.46. The highest BCUT2D eigenvalue weighted by Crippen LogP contribution is 2.35. The van der Waals surface area contributed by atoms with Crippen molar-refractivity contribution in [2.75, 3.05) is 25.0 Å². The van der Waals surface area contributed by atoms with Crippen molar-refractivity contribution in [3.05, 3.63) is 53.3 Å². The Kier molecular flexibility index (Phi) is 7.65. The van der Waals surface area contributed by atoms with Gasteiger partial charge in [0, 0.05) is 42.5 Å². The molecule has 202 valence electrons. The molecular weight excluding hydrogens is 478 g/mol. The van der Waals surface area contributed by atoms with Gasteiger partial charge in [0.15, 0.2) is 5.82 Å². The molecular formula is C29H39N7O2. The molecule has 0 bridgehead atoms. The number of nitrogens with zero attached hydrogens (tertiary/aromatic N) is 4. The van der Waals surface area contributed by atoms with Crippen LogP contribution < -0.4 is 16.0 Å². The van der Waals surface area contributed by atoms with Crippen molar-refractivity contribution in [3.63, 3.8) is 0 Å². The summed E-state index contributed by atoms with van der Waals surface area (Å²) in [6, 6.07) is 10.6. The minimum absolute atomic E-state index is 0.00282. The first-order valence-electron chi connectivity index (χ1n) is 13.8. The maximum atomic E-state index is 12.7. The number of aromatic nitrogens is 3. The highest BCUT2D eigenvalue weighted by Gasteiger charge is 2.35. The van der Waals surface area contributed by atoms with Crippen LogP contribution in [0.5, 0.6) is 0 Å². The molecule has 1 saturated carbocycles. The second-order valence-electron chi connectivity index (χ2n) is 11.2. The molecule has 2 aromatic heterocycles. The Morgan fingerprint density at radius 1 is 1.05 bits per heavy atom. The zero-order chi connectivity index (χ0) is 26.8. The first-order chi connectivity index (χ1) is 18.3.